The summed E-state index contributed by atoms with van der Waals surface area (Å²) >= 11 is 0. The van der Waals surface area contributed by atoms with Crippen LogP contribution in [-0.4, -0.2) is 33.6 Å². The molecule has 4 heteroatoms. The predicted octanol–water partition coefficient (Wildman–Crippen LogP) is 3.17. The van der Waals surface area contributed by atoms with E-state index in [-0.39, 0.29) is 19.1 Å². The predicted molar refractivity (Wildman–Crippen MR) is 104 cm³/mol. The highest BCUT2D eigenvalue weighted by molar-refractivity contribution is 5.19. The van der Waals surface area contributed by atoms with E-state index in [4.69, 9.17) is 10.2 Å². The molecule has 0 amide bonds. The summed E-state index contributed by atoms with van der Waals surface area (Å²) in [5.41, 5.74) is 1.71. The Morgan fingerprint density at radius 1 is 0.808 bits per heavy atom. The standard InChI is InChI=1S/2C11H14O2/c1-2-9(8-12)11(13)10-6-4-3-5-7-10;12-9-5-4-8-11(13)10-6-2-1-3-7-10/h2-7,9,11-13H,1,8H2;1-7,11-13H,8-9H2. The number of aliphatic hydroxyl groups is 4. The molecule has 2 aromatic rings. The van der Waals surface area contributed by atoms with Gasteiger partial charge in [-0.1, -0.05) is 78.9 Å². The van der Waals surface area contributed by atoms with Crippen molar-refractivity contribution in [2.75, 3.05) is 13.2 Å². The van der Waals surface area contributed by atoms with E-state index in [1.807, 2.05) is 60.7 Å². The Bertz CT molecular complexity index is 625. The molecule has 0 aliphatic carbocycles. The minimum Gasteiger partial charge on any atom is -0.396 e. The monoisotopic (exact) mass is 356 g/mol. The molecular weight excluding hydrogens is 328 g/mol. The Kier molecular flexibility index (Phi) is 10.9. The molecule has 0 radical (unpaired) electrons. The van der Waals surface area contributed by atoms with Gasteiger partial charge < -0.3 is 20.4 Å². The van der Waals surface area contributed by atoms with Gasteiger partial charge in [0.2, 0.25) is 0 Å². The van der Waals surface area contributed by atoms with Crippen LogP contribution in [-0.2, 0) is 0 Å². The van der Waals surface area contributed by atoms with Gasteiger partial charge in [-0.3, -0.25) is 0 Å². The van der Waals surface area contributed by atoms with E-state index in [0.29, 0.717) is 6.42 Å². The van der Waals surface area contributed by atoms with Crippen molar-refractivity contribution in [1.82, 2.24) is 0 Å². The van der Waals surface area contributed by atoms with Crippen molar-refractivity contribution >= 4 is 0 Å². The van der Waals surface area contributed by atoms with Gasteiger partial charge in [-0.25, -0.2) is 0 Å². The summed E-state index contributed by atoms with van der Waals surface area (Å²) in [6.07, 6.45) is 4.39. The lowest BCUT2D eigenvalue weighted by Gasteiger charge is -2.17. The molecule has 0 saturated carbocycles. The van der Waals surface area contributed by atoms with Crippen LogP contribution in [0.3, 0.4) is 0 Å². The number of rotatable bonds is 8. The van der Waals surface area contributed by atoms with Gasteiger partial charge in [0.1, 0.15) is 0 Å². The quantitative estimate of drug-likeness (QED) is 0.548. The maximum atomic E-state index is 9.75. The van der Waals surface area contributed by atoms with Crippen LogP contribution in [0.4, 0.5) is 0 Å². The second-order valence-electron chi connectivity index (χ2n) is 5.75. The summed E-state index contributed by atoms with van der Waals surface area (Å²) in [6.45, 7) is 3.50. The zero-order valence-corrected chi connectivity index (χ0v) is 14.9. The first-order valence-electron chi connectivity index (χ1n) is 8.59. The lowest BCUT2D eigenvalue weighted by molar-refractivity contribution is 0.0921. The molecule has 3 atom stereocenters. The largest absolute Gasteiger partial charge is 0.396 e. The maximum absolute atomic E-state index is 9.75. The summed E-state index contributed by atoms with van der Waals surface area (Å²) in [5.74, 6) is -0.289. The van der Waals surface area contributed by atoms with Crippen molar-refractivity contribution in [3.05, 3.63) is 96.6 Å². The first-order chi connectivity index (χ1) is 12.6. The van der Waals surface area contributed by atoms with Gasteiger partial charge >= 0.3 is 0 Å². The summed E-state index contributed by atoms with van der Waals surface area (Å²) < 4.78 is 0. The lowest BCUT2D eigenvalue weighted by Crippen LogP contribution is -2.13. The number of hydrogen-bond donors (Lipinski definition) is 4. The molecular formula is C22H28O4. The van der Waals surface area contributed by atoms with E-state index in [9.17, 15) is 10.2 Å². The van der Waals surface area contributed by atoms with Crippen LogP contribution in [0.5, 0.6) is 0 Å². The molecule has 4 nitrogen and oxygen atoms in total. The topological polar surface area (TPSA) is 80.9 Å². The fraction of sp³-hybridized carbons (Fsp3) is 0.273. The van der Waals surface area contributed by atoms with Crippen LogP contribution >= 0.6 is 0 Å². The van der Waals surface area contributed by atoms with E-state index in [1.54, 1.807) is 18.2 Å². The van der Waals surface area contributed by atoms with Crippen molar-refractivity contribution in [2.45, 2.75) is 18.6 Å². The molecule has 0 fully saturated rings. The van der Waals surface area contributed by atoms with E-state index in [0.717, 1.165) is 11.1 Å². The Balaban J connectivity index is 0.000000260. The van der Waals surface area contributed by atoms with Crippen molar-refractivity contribution in [3.63, 3.8) is 0 Å². The molecule has 0 aliphatic heterocycles. The molecule has 0 heterocycles. The number of hydrogen-bond acceptors (Lipinski definition) is 4. The minimum atomic E-state index is -0.663. The van der Waals surface area contributed by atoms with Crippen LogP contribution in [0, 0.1) is 5.92 Å². The molecule has 0 aliphatic rings. The summed E-state index contributed by atoms with van der Waals surface area (Å²) in [6, 6.07) is 18.7. The van der Waals surface area contributed by atoms with Gasteiger partial charge in [0, 0.05) is 5.92 Å². The average Bonchev–Trinajstić information content (AvgIpc) is 2.71. The van der Waals surface area contributed by atoms with Gasteiger partial charge in [0.05, 0.1) is 25.4 Å². The zero-order valence-electron chi connectivity index (χ0n) is 14.9. The fourth-order valence-corrected chi connectivity index (χ4v) is 2.31. The zero-order chi connectivity index (χ0) is 19.2. The average molecular weight is 356 g/mol. The molecule has 0 saturated heterocycles. The van der Waals surface area contributed by atoms with Gasteiger partial charge in [0.25, 0.3) is 0 Å². The maximum Gasteiger partial charge on any atom is 0.0874 e. The van der Waals surface area contributed by atoms with E-state index >= 15 is 0 Å². The summed E-state index contributed by atoms with van der Waals surface area (Å²) in [5, 5.41) is 36.8. The van der Waals surface area contributed by atoms with Crippen LogP contribution in [0.1, 0.15) is 29.8 Å². The second-order valence-corrected chi connectivity index (χ2v) is 5.75. The fourth-order valence-electron chi connectivity index (χ4n) is 2.31. The van der Waals surface area contributed by atoms with Crippen molar-refractivity contribution < 1.29 is 20.4 Å². The van der Waals surface area contributed by atoms with Crippen LogP contribution in [0.2, 0.25) is 0 Å². The number of aliphatic hydroxyl groups excluding tert-OH is 4. The molecule has 3 unspecified atom stereocenters. The van der Waals surface area contributed by atoms with Crippen LogP contribution < -0.4 is 0 Å². The van der Waals surface area contributed by atoms with Crippen molar-refractivity contribution in [3.8, 4) is 0 Å². The smallest absolute Gasteiger partial charge is 0.0874 e. The Labute approximate surface area is 155 Å². The van der Waals surface area contributed by atoms with Crippen LogP contribution in [0.15, 0.2) is 85.5 Å². The molecule has 2 aromatic carbocycles. The number of benzene rings is 2. The minimum absolute atomic E-state index is 0.0293. The first-order valence-corrected chi connectivity index (χ1v) is 8.59. The lowest BCUT2D eigenvalue weighted by atomic mass is 9.97. The van der Waals surface area contributed by atoms with Gasteiger partial charge in [-0.2, -0.15) is 0 Å². The van der Waals surface area contributed by atoms with Gasteiger partial charge in [-0.05, 0) is 17.5 Å². The summed E-state index contributed by atoms with van der Waals surface area (Å²) in [7, 11) is 0. The Morgan fingerprint density at radius 2 is 1.35 bits per heavy atom. The second kappa shape index (κ2) is 13.0. The highest BCUT2D eigenvalue weighted by atomic mass is 16.3. The molecule has 4 N–H and O–H groups in total. The third-order valence-corrected chi connectivity index (χ3v) is 3.88. The highest BCUT2D eigenvalue weighted by Crippen LogP contribution is 2.21. The molecule has 0 bridgehead atoms. The Hall–Kier alpha value is -2.24. The van der Waals surface area contributed by atoms with Crippen molar-refractivity contribution in [1.29, 1.82) is 0 Å². The van der Waals surface area contributed by atoms with E-state index < -0.39 is 12.2 Å². The highest BCUT2D eigenvalue weighted by Gasteiger charge is 2.16. The molecule has 0 aromatic heterocycles. The van der Waals surface area contributed by atoms with Gasteiger partial charge in [0.15, 0.2) is 0 Å². The van der Waals surface area contributed by atoms with Crippen LogP contribution in [0.25, 0.3) is 0 Å². The normalized spacial score (nSPS) is 14.2. The SMILES string of the molecule is C=CC(CO)C(O)c1ccccc1.OCC=CCC(O)c1ccccc1. The molecule has 26 heavy (non-hydrogen) atoms. The molecule has 2 rings (SSSR count). The molecule has 140 valence electrons. The Morgan fingerprint density at radius 3 is 1.81 bits per heavy atom. The first kappa shape index (κ1) is 21.8. The van der Waals surface area contributed by atoms with E-state index in [2.05, 4.69) is 6.58 Å². The third-order valence-electron chi connectivity index (χ3n) is 3.88. The van der Waals surface area contributed by atoms with E-state index in [1.165, 1.54) is 0 Å². The summed E-state index contributed by atoms with van der Waals surface area (Å²) in [4.78, 5) is 0. The van der Waals surface area contributed by atoms with Crippen molar-refractivity contribution in [2.24, 2.45) is 5.92 Å². The third kappa shape index (κ3) is 7.76. The van der Waals surface area contributed by atoms with Gasteiger partial charge in [-0.15, -0.1) is 6.58 Å². The molecule has 0 spiro atoms.